The number of nitrogens with one attached hydrogen (secondary N) is 1. The van der Waals surface area contributed by atoms with Crippen molar-refractivity contribution in [2.24, 2.45) is 17.8 Å². The number of hydrogen-bond donors (Lipinski definition) is 1. The molecule has 2 bridgehead atoms. The fourth-order valence-corrected chi connectivity index (χ4v) is 4.03. The van der Waals surface area contributed by atoms with Crippen molar-refractivity contribution >= 4 is 0 Å². The third-order valence-electron chi connectivity index (χ3n) is 5.39. The van der Waals surface area contributed by atoms with Gasteiger partial charge in [-0.25, -0.2) is 0 Å². The number of fused-ring (bicyclic) bond motifs is 2. The molecule has 3 atom stereocenters. The Labute approximate surface area is 125 Å². The zero-order valence-corrected chi connectivity index (χ0v) is 14.1. The topological polar surface area (TPSA) is 24.5 Å². The van der Waals surface area contributed by atoms with E-state index < -0.39 is 0 Å². The van der Waals surface area contributed by atoms with Gasteiger partial charge in [-0.3, -0.25) is 0 Å². The maximum absolute atomic E-state index is 5.42. The van der Waals surface area contributed by atoms with E-state index in [-0.39, 0.29) is 0 Å². The Bertz CT molecular complexity index is 279. The van der Waals surface area contributed by atoms with E-state index in [2.05, 4.69) is 37.9 Å². The van der Waals surface area contributed by atoms with Crippen LogP contribution in [0.4, 0.5) is 0 Å². The molecule has 0 aromatic heterocycles. The molecule has 0 amide bonds. The van der Waals surface area contributed by atoms with Crippen molar-refractivity contribution in [2.45, 2.75) is 65.1 Å². The molecule has 1 aliphatic heterocycles. The van der Waals surface area contributed by atoms with E-state index in [1.807, 2.05) is 7.11 Å². The molecule has 3 nitrogen and oxygen atoms in total. The van der Waals surface area contributed by atoms with Crippen LogP contribution in [0.2, 0.25) is 0 Å². The second-order valence-corrected chi connectivity index (χ2v) is 7.50. The Morgan fingerprint density at radius 3 is 2.15 bits per heavy atom. The van der Waals surface area contributed by atoms with E-state index in [1.54, 1.807) is 0 Å². The Morgan fingerprint density at radius 1 is 1.10 bits per heavy atom. The van der Waals surface area contributed by atoms with Crippen LogP contribution in [-0.2, 0) is 4.74 Å². The van der Waals surface area contributed by atoms with Gasteiger partial charge in [-0.2, -0.15) is 0 Å². The minimum absolute atomic E-state index is 0.499. The van der Waals surface area contributed by atoms with Crippen molar-refractivity contribution in [1.29, 1.82) is 0 Å². The molecule has 1 heterocycles. The van der Waals surface area contributed by atoms with E-state index in [1.165, 1.54) is 32.4 Å². The van der Waals surface area contributed by atoms with Crippen LogP contribution in [0.15, 0.2) is 0 Å². The van der Waals surface area contributed by atoms with E-state index in [0.717, 1.165) is 18.4 Å². The molecule has 0 radical (unpaired) electrons. The largest absolute Gasteiger partial charge is 0.383 e. The maximum Gasteiger partial charge on any atom is 0.0618 e. The van der Waals surface area contributed by atoms with Gasteiger partial charge in [0.15, 0.2) is 0 Å². The summed E-state index contributed by atoms with van der Waals surface area (Å²) in [5.74, 6) is 2.31. The first-order chi connectivity index (χ1) is 9.52. The first-order valence-electron chi connectivity index (χ1n) is 8.52. The average molecular weight is 282 g/mol. The number of ether oxygens (including phenoxy) is 1. The first-order valence-corrected chi connectivity index (χ1v) is 8.52. The molecule has 1 N–H and O–H groups in total. The van der Waals surface area contributed by atoms with Crippen LogP contribution >= 0.6 is 0 Å². The Hall–Kier alpha value is -0.120. The van der Waals surface area contributed by atoms with E-state index in [4.69, 9.17) is 4.74 Å². The summed E-state index contributed by atoms with van der Waals surface area (Å²) in [6.45, 7) is 12.7. The first kappa shape index (κ1) is 16.3. The highest BCUT2D eigenvalue weighted by Crippen LogP contribution is 2.36. The third kappa shape index (κ3) is 3.75. The summed E-state index contributed by atoms with van der Waals surface area (Å²) in [6, 6.07) is 1.90. The Kier molecular flexibility index (Phi) is 5.88. The lowest BCUT2D eigenvalue weighted by Gasteiger charge is -2.50. The molecule has 1 saturated carbocycles. The van der Waals surface area contributed by atoms with Crippen LogP contribution in [0, 0.1) is 17.8 Å². The van der Waals surface area contributed by atoms with Crippen LogP contribution in [-0.4, -0.2) is 49.8 Å². The highest BCUT2D eigenvalue weighted by atomic mass is 16.5. The number of rotatable bonds is 6. The maximum atomic E-state index is 5.42. The highest BCUT2D eigenvalue weighted by Gasteiger charge is 2.40. The molecule has 1 saturated heterocycles. The van der Waals surface area contributed by atoms with Gasteiger partial charge in [-0.05, 0) is 44.4 Å². The second-order valence-electron chi connectivity index (χ2n) is 7.50. The summed E-state index contributed by atoms with van der Waals surface area (Å²) in [7, 11) is 1.82. The van der Waals surface area contributed by atoms with Gasteiger partial charge in [0.1, 0.15) is 0 Å². The molecule has 0 aromatic carbocycles. The van der Waals surface area contributed by atoms with Gasteiger partial charge in [0.25, 0.3) is 0 Å². The molecule has 2 aliphatic rings. The molecular formula is C17H34N2O. The normalized spacial score (nSPS) is 32.9. The molecule has 20 heavy (non-hydrogen) atoms. The molecule has 1 aliphatic carbocycles. The number of methoxy groups -OCH3 is 1. The van der Waals surface area contributed by atoms with Crippen molar-refractivity contribution in [1.82, 2.24) is 10.2 Å². The van der Waals surface area contributed by atoms with Crippen molar-refractivity contribution in [2.75, 3.05) is 26.8 Å². The summed E-state index contributed by atoms with van der Waals surface area (Å²) < 4.78 is 5.42. The monoisotopic (exact) mass is 282 g/mol. The Morgan fingerprint density at radius 2 is 1.70 bits per heavy atom. The summed E-state index contributed by atoms with van der Waals surface area (Å²) in [6.07, 6.45) is 4.22. The van der Waals surface area contributed by atoms with Crippen molar-refractivity contribution in [3.8, 4) is 0 Å². The smallest absolute Gasteiger partial charge is 0.0618 e. The zero-order valence-electron chi connectivity index (χ0n) is 14.1. The fourth-order valence-electron chi connectivity index (χ4n) is 4.03. The molecule has 2 rings (SSSR count). The highest BCUT2D eigenvalue weighted by molar-refractivity contribution is 4.97. The second kappa shape index (κ2) is 7.24. The molecule has 3 unspecified atom stereocenters. The predicted molar refractivity (Wildman–Crippen MR) is 85.0 cm³/mol. The van der Waals surface area contributed by atoms with Crippen molar-refractivity contribution < 1.29 is 4.74 Å². The molecule has 2 fully saturated rings. The van der Waals surface area contributed by atoms with Gasteiger partial charge < -0.3 is 15.0 Å². The quantitative estimate of drug-likeness (QED) is 0.811. The lowest BCUT2D eigenvalue weighted by Crippen LogP contribution is -2.61. The molecule has 0 spiro atoms. The van der Waals surface area contributed by atoms with Gasteiger partial charge in [-0.1, -0.05) is 20.3 Å². The molecule has 3 heteroatoms. The Balaban J connectivity index is 2.00. The van der Waals surface area contributed by atoms with Gasteiger partial charge in [0.05, 0.1) is 6.61 Å². The molecular weight excluding hydrogens is 248 g/mol. The van der Waals surface area contributed by atoms with E-state index in [9.17, 15) is 0 Å². The number of nitrogens with zero attached hydrogens (tertiary/aromatic N) is 1. The van der Waals surface area contributed by atoms with E-state index >= 15 is 0 Å². The summed E-state index contributed by atoms with van der Waals surface area (Å²) in [5.41, 5.74) is 0. The van der Waals surface area contributed by atoms with Gasteiger partial charge >= 0.3 is 0 Å². The lowest BCUT2D eigenvalue weighted by atomic mass is 9.72. The minimum atomic E-state index is 0.499. The van der Waals surface area contributed by atoms with Gasteiger partial charge in [0.2, 0.25) is 0 Å². The fraction of sp³-hybridized carbons (Fsp3) is 1.00. The lowest BCUT2D eigenvalue weighted by molar-refractivity contribution is 0.0153. The van der Waals surface area contributed by atoms with Crippen LogP contribution in [0.3, 0.4) is 0 Å². The SMILES string of the molecule is COCC(NC1C2CCCC1CN(C(C)C)C2)C(C)C. The average Bonchev–Trinajstić information content (AvgIpc) is 2.37. The molecule has 118 valence electrons. The molecule has 0 aromatic rings. The summed E-state index contributed by atoms with van der Waals surface area (Å²) >= 11 is 0. The zero-order chi connectivity index (χ0) is 14.7. The summed E-state index contributed by atoms with van der Waals surface area (Å²) in [5, 5.41) is 3.97. The van der Waals surface area contributed by atoms with Crippen molar-refractivity contribution in [3.63, 3.8) is 0 Å². The number of piperidine rings is 1. The van der Waals surface area contributed by atoms with Crippen molar-refractivity contribution in [3.05, 3.63) is 0 Å². The van der Waals surface area contributed by atoms with Gasteiger partial charge in [0, 0.05) is 38.3 Å². The van der Waals surface area contributed by atoms with Crippen LogP contribution in [0.5, 0.6) is 0 Å². The third-order valence-corrected chi connectivity index (χ3v) is 5.39. The van der Waals surface area contributed by atoms with Crippen LogP contribution in [0.1, 0.15) is 47.0 Å². The minimum Gasteiger partial charge on any atom is -0.383 e. The predicted octanol–water partition coefficient (Wildman–Crippen LogP) is 2.76. The summed E-state index contributed by atoms with van der Waals surface area (Å²) in [4.78, 5) is 2.69. The van der Waals surface area contributed by atoms with E-state index in [0.29, 0.717) is 24.0 Å². The van der Waals surface area contributed by atoms with Crippen LogP contribution in [0.25, 0.3) is 0 Å². The number of hydrogen-bond acceptors (Lipinski definition) is 3. The van der Waals surface area contributed by atoms with Gasteiger partial charge in [-0.15, -0.1) is 0 Å². The van der Waals surface area contributed by atoms with Crippen LogP contribution < -0.4 is 5.32 Å². The standard InChI is InChI=1S/C17H34N2O/c1-12(2)16(11-20-5)18-17-14-7-6-8-15(17)10-19(9-14)13(3)4/h12-18H,6-11H2,1-5H3. The number of likely N-dealkylation sites (tertiary alicyclic amines) is 1.